The summed E-state index contributed by atoms with van der Waals surface area (Å²) in [7, 11) is 1.97. The standard InChI is InChI=1S/C10H20N4/c1-9-10(8-13-14(9)2)7-12-6-4-3-5-11/h8,12H,3-7,11H2,1-2H3. The van der Waals surface area contributed by atoms with Crippen LogP contribution in [0.2, 0.25) is 0 Å². The van der Waals surface area contributed by atoms with Crippen molar-refractivity contribution in [3.8, 4) is 0 Å². The highest BCUT2D eigenvalue weighted by molar-refractivity contribution is 5.15. The molecule has 1 heterocycles. The molecule has 4 nitrogen and oxygen atoms in total. The van der Waals surface area contributed by atoms with Gasteiger partial charge in [-0.2, -0.15) is 5.10 Å². The molecule has 4 heteroatoms. The Morgan fingerprint density at radius 2 is 2.29 bits per heavy atom. The summed E-state index contributed by atoms with van der Waals surface area (Å²) < 4.78 is 1.90. The maximum absolute atomic E-state index is 5.41. The number of nitrogens with zero attached hydrogens (tertiary/aromatic N) is 2. The monoisotopic (exact) mass is 196 g/mol. The van der Waals surface area contributed by atoms with Crippen molar-refractivity contribution in [2.24, 2.45) is 12.8 Å². The van der Waals surface area contributed by atoms with Crippen LogP contribution >= 0.6 is 0 Å². The van der Waals surface area contributed by atoms with E-state index in [-0.39, 0.29) is 0 Å². The summed E-state index contributed by atoms with van der Waals surface area (Å²) in [5.41, 5.74) is 7.92. The van der Waals surface area contributed by atoms with Crippen LogP contribution < -0.4 is 11.1 Å². The van der Waals surface area contributed by atoms with E-state index < -0.39 is 0 Å². The minimum atomic E-state index is 0.785. The molecule has 0 saturated carbocycles. The van der Waals surface area contributed by atoms with Gasteiger partial charge in [0.05, 0.1) is 6.20 Å². The number of unbranched alkanes of at least 4 members (excludes halogenated alkanes) is 1. The van der Waals surface area contributed by atoms with Crippen LogP contribution in [0.3, 0.4) is 0 Å². The van der Waals surface area contributed by atoms with E-state index in [4.69, 9.17) is 5.73 Å². The number of rotatable bonds is 6. The molecule has 0 radical (unpaired) electrons. The van der Waals surface area contributed by atoms with Crippen molar-refractivity contribution in [1.82, 2.24) is 15.1 Å². The molecule has 1 aromatic heterocycles. The second kappa shape index (κ2) is 5.78. The first-order valence-corrected chi connectivity index (χ1v) is 5.14. The van der Waals surface area contributed by atoms with Gasteiger partial charge in [0.2, 0.25) is 0 Å². The summed E-state index contributed by atoms with van der Waals surface area (Å²) in [6.07, 6.45) is 4.17. The minimum Gasteiger partial charge on any atom is -0.330 e. The fraction of sp³-hybridized carbons (Fsp3) is 0.700. The lowest BCUT2D eigenvalue weighted by Gasteiger charge is -2.03. The highest BCUT2D eigenvalue weighted by atomic mass is 15.3. The fourth-order valence-corrected chi connectivity index (χ4v) is 1.34. The van der Waals surface area contributed by atoms with Gasteiger partial charge in [0.1, 0.15) is 0 Å². The predicted molar refractivity (Wildman–Crippen MR) is 57.9 cm³/mol. The summed E-state index contributed by atoms with van der Waals surface area (Å²) in [5.74, 6) is 0. The summed E-state index contributed by atoms with van der Waals surface area (Å²) in [6.45, 7) is 4.81. The Labute approximate surface area is 85.5 Å². The molecule has 3 N–H and O–H groups in total. The average molecular weight is 196 g/mol. The number of hydrogen-bond acceptors (Lipinski definition) is 3. The van der Waals surface area contributed by atoms with Crippen LogP contribution in [0.1, 0.15) is 24.1 Å². The second-order valence-electron chi connectivity index (χ2n) is 3.55. The van der Waals surface area contributed by atoms with Crippen molar-refractivity contribution in [2.45, 2.75) is 26.3 Å². The molecule has 0 saturated heterocycles. The fourth-order valence-electron chi connectivity index (χ4n) is 1.34. The van der Waals surface area contributed by atoms with Crippen LogP contribution in [0, 0.1) is 6.92 Å². The number of aromatic nitrogens is 2. The van der Waals surface area contributed by atoms with Gasteiger partial charge in [-0.25, -0.2) is 0 Å². The molecule has 0 unspecified atom stereocenters. The Balaban J connectivity index is 2.21. The van der Waals surface area contributed by atoms with E-state index >= 15 is 0 Å². The summed E-state index contributed by atoms with van der Waals surface area (Å²) in [6, 6.07) is 0. The lowest BCUT2D eigenvalue weighted by Crippen LogP contribution is -2.16. The smallest absolute Gasteiger partial charge is 0.0537 e. The Morgan fingerprint density at radius 3 is 2.86 bits per heavy atom. The van der Waals surface area contributed by atoms with Gasteiger partial charge in [0.15, 0.2) is 0 Å². The zero-order valence-electron chi connectivity index (χ0n) is 9.08. The van der Waals surface area contributed by atoms with Gasteiger partial charge in [0, 0.05) is 24.8 Å². The molecule has 0 spiro atoms. The number of nitrogens with two attached hydrogens (primary N) is 1. The molecule has 1 aromatic rings. The number of aryl methyl sites for hydroxylation is 1. The maximum atomic E-state index is 5.41. The normalized spacial score (nSPS) is 10.8. The molecule has 0 fully saturated rings. The maximum Gasteiger partial charge on any atom is 0.0537 e. The van der Waals surface area contributed by atoms with Crippen LogP contribution in [0.5, 0.6) is 0 Å². The molecular weight excluding hydrogens is 176 g/mol. The molecular formula is C10H20N4. The molecule has 1 rings (SSSR count). The van der Waals surface area contributed by atoms with Gasteiger partial charge < -0.3 is 11.1 Å². The van der Waals surface area contributed by atoms with Crippen LogP contribution in [0.4, 0.5) is 0 Å². The highest BCUT2D eigenvalue weighted by Gasteiger charge is 2.01. The molecule has 0 aliphatic rings. The van der Waals surface area contributed by atoms with E-state index in [1.54, 1.807) is 0 Å². The van der Waals surface area contributed by atoms with Gasteiger partial charge in [-0.1, -0.05) is 0 Å². The van der Waals surface area contributed by atoms with Crippen molar-refractivity contribution >= 4 is 0 Å². The lowest BCUT2D eigenvalue weighted by molar-refractivity contribution is 0.625. The summed E-state index contributed by atoms with van der Waals surface area (Å²) >= 11 is 0. The van der Waals surface area contributed by atoms with Gasteiger partial charge in [0.25, 0.3) is 0 Å². The second-order valence-corrected chi connectivity index (χ2v) is 3.55. The third-order valence-corrected chi connectivity index (χ3v) is 2.46. The molecule has 0 aromatic carbocycles. The summed E-state index contributed by atoms with van der Waals surface area (Å²) in [5, 5.41) is 7.57. The molecule has 80 valence electrons. The zero-order chi connectivity index (χ0) is 10.4. The number of hydrogen-bond donors (Lipinski definition) is 2. The Morgan fingerprint density at radius 1 is 1.50 bits per heavy atom. The van der Waals surface area contributed by atoms with Gasteiger partial charge in [-0.05, 0) is 32.9 Å². The molecule has 14 heavy (non-hydrogen) atoms. The van der Waals surface area contributed by atoms with E-state index in [1.807, 2.05) is 17.9 Å². The molecule has 0 aliphatic heterocycles. The van der Waals surface area contributed by atoms with Crippen molar-refractivity contribution in [3.63, 3.8) is 0 Å². The summed E-state index contributed by atoms with van der Waals surface area (Å²) in [4.78, 5) is 0. The quantitative estimate of drug-likeness (QED) is 0.654. The molecule has 0 atom stereocenters. The molecule has 0 aliphatic carbocycles. The Hall–Kier alpha value is -0.870. The van der Waals surface area contributed by atoms with E-state index in [0.29, 0.717) is 0 Å². The Bertz CT molecular complexity index is 267. The van der Waals surface area contributed by atoms with Crippen molar-refractivity contribution < 1.29 is 0 Å². The van der Waals surface area contributed by atoms with Crippen molar-refractivity contribution in [2.75, 3.05) is 13.1 Å². The van der Waals surface area contributed by atoms with Crippen LogP contribution in [-0.4, -0.2) is 22.9 Å². The predicted octanol–water partition coefficient (Wildman–Crippen LogP) is 0.557. The zero-order valence-corrected chi connectivity index (χ0v) is 9.08. The topological polar surface area (TPSA) is 55.9 Å². The van der Waals surface area contributed by atoms with Crippen LogP contribution in [0.15, 0.2) is 6.20 Å². The number of nitrogens with one attached hydrogen (secondary N) is 1. The van der Waals surface area contributed by atoms with Gasteiger partial charge in [-0.15, -0.1) is 0 Å². The van der Waals surface area contributed by atoms with Crippen molar-refractivity contribution in [1.29, 1.82) is 0 Å². The third kappa shape index (κ3) is 3.12. The van der Waals surface area contributed by atoms with Crippen molar-refractivity contribution in [3.05, 3.63) is 17.5 Å². The largest absolute Gasteiger partial charge is 0.330 e. The molecule has 0 amide bonds. The Kier molecular flexibility index (Phi) is 4.62. The highest BCUT2D eigenvalue weighted by Crippen LogP contribution is 2.04. The minimum absolute atomic E-state index is 0.785. The van der Waals surface area contributed by atoms with Gasteiger partial charge in [-0.3, -0.25) is 4.68 Å². The van der Waals surface area contributed by atoms with E-state index in [2.05, 4.69) is 17.3 Å². The SMILES string of the molecule is Cc1c(CNCCCCN)cnn1C. The van der Waals surface area contributed by atoms with E-state index in [9.17, 15) is 0 Å². The first-order valence-electron chi connectivity index (χ1n) is 5.14. The first kappa shape index (κ1) is 11.2. The average Bonchev–Trinajstić information content (AvgIpc) is 2.49. The molecule has 0 bridgehead atoms. The third-order valence-electron chi connectivity index (χ3n) is 2.46. The van der Waals surface area contributed by atoms with E-state index in [1.165, 1.54) is 11.3 Å². The lowest BCUT2D eigenvalue weighted by atomic mass is 10.2. The van der Waals surface area contributed by atoms with Gasteiger partial charge >= 0.3 is 0 Å². The first-order chi connectivity index (χ1) is 6.75. The van der Waals surface area contributed by atoms with Crippen LogP contribution in [0.25, 0.3) is 0 Å². The van der Waals surface area contributed by atoms with E-state index in [0.717, 1.165) is 32.5 Å². The van der Waals surface area contributed by atoms with Crippen LogP contribution in [-0.2, 0) is 13.6 Å².